The molecule has 1 aromatic heterocycles. The van der Waals surface area contributed by atoms with Crippen molar-refractivity contribution in [2.45, 2.75) is 39.3 Å². The van der Waals surface area contributed by atoms with Gasteiger partial charge in [0, 0.05) is 0 Å². The standard InChI is InChI=1S/C12H17NO4/c1-8(10(14)9-5-6-16-7-9)13-11(15)17-12(2,3)4/h5-8H,1-4H3,(H,13,15). The highest BCUT2D eigenvalue weighted by Crippen LogP contribution is 2.08. The van der Waals surface area contributed by atoms with Crippen LogP contribution in [0.4, 0.5) is 4.79 Å². The van der Waals surface area contributed by atoms with Crippen molar-refractivity contribution >= 4 is 11.9 Å². The Labute approximate surface area is 100 Å². The predicted octanol–water partition coefficient (Wildman–Crippen LogP) is 2.38. The lowest BCUT2D eigenvalue weighted by molar-refractivity contribution is 0.0496. The lowest BCUT2D eigenvalue weighted by Gasteiger charge is -2.21. The first-order valence-corrected chi connectivity index (χ1v) is 5.35. The third-order valence-corrected chi connectivity index (χ3v) is 1.93. The van der Waals surface area contributed by atoms with Gasteiger partial charge in [-0.3, -0.25) is 4.79 Å². The van der Waals surface area contributed by atoms with E-state index >= 15 is 0 Å². The minimum absolute atomic E-state index is 0.218. The van der Waals surface area contributed by atoms with Crippen molar-refractivity contribution in [1.29, 1.82) is 0 Å². The molecule has 1 N–H and O–H groups in total. The normalized spacial score (nSPS) is 12.9. The molecule has 1 unspecified atom stereocenters. The topological polar surface area (TPSA) is 68.5 Å². The number of rotatable bonds is 3. The van der Waals surface area contributed by atoms with Crippen LogP contribution >= 0.6 is 0 Å². The number of hydrogen-bond acceptors (Lipinski definition) is 4. The molecule has 0 aliphatic heterocycles. The van der Waals surface area contributed by atoms with Gasteiger partial charge in [-0.05, 0) is 33.8 Å². The van der Waals surface area contributed by atoms with Crippen LogP contribution in [0.1, 0.15) is 38.1 Å². The maximum Gasteiger partial charge on any atom is 0.408 e. The minimum Gasteiger partial charge on any atom is -0.472 e. The van der Waals surface area contributed by atoms with E-state index in [-0.39, 0.29) is 5.78 Å². The fraction of sp³-hybridized carbons (Fsp3) is 0.500. The molecule has 0 saturated carbocycles. The van der Waals surface area contributed by atoms with Gasteiger partial charge in [-0.15, -0.1) is 0 Å². The van der Waals surface area contributed by atoms with E-state index in [1.165, 1.54) is 12.5 Å². The van der Waals surface area contributed by atoms with E-state index in [2.05, 4.69) is 5.32 Å². The zero-order chi connectivity index (χ0) is 13.1. The van der Waals surface area contributed by atoms with E-state index in [9.17, 15) is 9.59 Å². The van der Waals surface area contributed by atoms with Gasteiger partial charge < -0.3 is 14.5 Å². The van der Waals surface area contributed by atoms with Crippen LogP contribution in [0.2, 0.25) is 0 Å². The number of carbonyl (C=O) groups excluding carboxylic acids is 2. The van der Waals surface area contributed by atoms with Crippen LogP contribution in [0.5, 0.6) is 0 Å². The molecule has 1 atom stereocenters. The van der Waals surface area contributed by atoms with Crippen LogP contribution in [0, 0.1) is 0 Å². The zero-order valence-corrected chi connectivity index (χ0v) is 10.4. The van der Waals surface area contributed by atoms with Crippen molar-refractivity contribution < 1.29 is 18.7 Å². The minimum atomic E-state index is -0.651. The third kappa shape index (κ3) is 4.30. The van der Waals surface area contributed by atoms with Gasteiger partial charge in [0.25, 0.3) is 0 Å². The second kappa shape index (κ2) is 5.03. The van der Waals surface area contributed by atoms with E-state index in [4.69, 9.17) is 9.15 Å². The number of hydrogen-bond donors (Lipinski definition) is 1. The van der Waals surface area contributed by atoms with Gasteiger partial charge in [0.15, 0.2) is 5.78 Å². The Balaban J connectivity index is 2.52. The van der Waals surface area contributed by atoms with Gasteiger partial charge >= 0.3 is 6.09 Å². The molecule has 0 aliphatic carbocycles. The van der Waals surface area contributed by atoms with Crippen LogP contribution in [0.3, 0.4) is 0 Å². The van der Waals surface area contributed by atoms with E-state index in [1.807, 2.05) is 0 Å². The van der Waals surface area contributed by atoms with E-state index in [0.717, 1.165) is 0 Å². The highest BCUT2D eigenvalue weighted by molar-refractivity contribution is 6.00. The largest absolute Gasteiger partial charge is 0.472 e. The average Bonchev–Trinajstić information content (AvgIpc) is 2.65. The first kappa shape index (κ1) is 13.3. The summed E-state index contributed by atoms with van der Waals surface area (Å²) in [6.07, 6.45) is 2.14. The highest BCUT2D eigenvalue weighted by Gasteiger charge is 2.22. The summed E-state index contributed by atoms with van der Waals surface area (Å²) in [6, 6.07) is 0.901. The van der Waals surface area contributed by atoms with Gasteiger partial charge in [0.2, 0.25) is 0 Å². The summed E-state index contributed by atoms with van der Waals surface area (Å²) in [5, 5.41) is 2.47. The molecule has 0 saturated heterocycles. The first-order chi connectivity index (χ1) is 7.79. The number of furan rings is 1. The number of ketones is 1. The molecule has 1 aromatic rings. The highest BCUT2D eigenvalue weighted by atomic mass is 16.6. The van der Waals surface area contributed by atoms with Crippen molar-refractivity contribution in [3.05, 3.63) is 24.2 Å². The number of ether oxygens (including phenoxy) is 1. The molecule has 0 spiro atoms. The molecule has 0 bridgehead atoms. The molecule has 5 heteroatoms. The molecular formula is C12H17NO4. The maximum atomic E-state index is 11.8. The second-order valence-corrected chi connectivity index (χ2v) is 4.74. The Morgan fingerprint density at radius 2 is 2.06 bits per heavy atom. The summed E-state index contributed by atoms with van der Waals surface area (Å²) in [7, 11) is 0. The van der Waals surface area contributed by atoms with Gasteiger partial charge in [0.05, 0.1) is 17.9 Å². The quantitative estimate of drug-likeness (QED) is 0.822. The number of alkyl carbamates (subject to hydrolysis) is 1. The van der Waals surface area contributed by atoms with Gasteiger partial charge in [0.1, 0.15) is 11.9 Å². The molecular weight excluding hydrogens is 222 g/mol. The molecule has 1 rings (SSSR count). The van der Waals surface area contributed by atoms with Crippen LogP contribution in [-0.2, 0) is 4.74 Å². The molecule has 0 fully saturated rings. The summed E-state index contributed by atoms with van der Waals surface area (Å²) >= 11 is 0. The van der Waals surface area contributed by atoms with Gasteiger partial charge in [-0.25, -0.2) is 4.79 Å². The second-order valence-electron chi connectivity index (χ2n) is 4.74. The van der Waals surface area contributed by atoms with E-state index in [1.54, 1.807) is 33.8 Å². The fourth-order valence-corrected chi connectivity index (χ4v) is 1.20. The van der Waals surface area contributed by atoms with Crippen molar-refractivity contribution in [3.8, 4) is 0 Å². The molecule has 94 valence electrons. The van der Waals surface area contributed by atoms with Crippen LogP contribution < -0.4 is 5.32 Å². The molecule has 17 heavy (non-hydrogen) atoms. The summed E-state index contributed by atoms with van der Waals surface area (Å²) in [5.74, 6) is -0.218. The Hall–Kier alpha value is -1.78. The van der Waals surface area contributed by atoms with Crippen LogP contribution in [0.15, 0.2) is 23.0 Å². The third-order valence-electron chi connectivity index (χ3n) is 1.93. The molecule has 0 radical (unpaired) electrons. The number of nitrogens with one attached hydrogen (secondary N) is 1. The molecule has 1 amide bonds. The average molecular weight is 239 g/mol. The summed E-state index contributed by atoms with van der Waals surface area (Å²) in [5.41, 5.74) is -0.156. The lowest BCUT2D eigenvalue weighted by Crippen LogP contribution is -2.41. The molecule has 0 aromatic carbocycles. The Morgan fingerprint density at radius 1 is 1.41 bits per heavy atom. The SMILES string of the molecule is CC(NC(=O)OC(C)(C)C)C(=O)c1ccoc1. The number of carbonyl (C=O) groups is 2. The Bertz CT molecular complexity index is 389. The molecule has 0 aliphatic rings. The molecule has 1 heterocycles. The zero-order valence-electron chi connectivity index (χ0n) is 10.4. The van der Waals surface area contributed by atoms with Crippen LogP contribution in [-0.4, -0.2) is 23.5 Å². The summed E-state index contributed by atoms with van der Waals surface area (Å²) in [4.78, 5) is 23.2. The maximum absolute atomic E-state index is 11.8. The predicted molar refractivity (Wildman–Crippen MR) is 61.9 cm³/mol. The monoisotopic (exact) mass is 239 g/mol. The van der Waals surface area contributed by atoms with Gasteiger partial charge in [-0.2, -0.15) is 0 Å². The fourth-order valence-electron chi connectivity index (χ4n) is 1.20. The van der Waals surface area contributed by atoms with Crippen LogP contribution in [0.25, 0.3) is 0 Å². The molecule has 5 nitrogen and oxygen atoms in total. The van der Waals surface area contributed by atoms with E-state index < -0.39 is 17.7 Å². The Kier molecular flexibility index (Phi) is 3.93. The van der Waals surface area contributed by atoms with Crippen molar-refractivity contribution in [1.82, 2.24) is 5.32 Å². The summed E-state index contributed by atoms with van der Waals surface area (Å²) < 4.78 is 9.86. The van der Waals surface area contributed by atoms with Crippen molar-refractivity contribution in [2.75, 3.05) is 0 Å². The number of Topliss-reactive ketones (excluding diaryl/α,β-unsaturated/α-hetero) is 1. The van der Waals surface area contributed by atoms with Gasteiger partial charge in [-0.1, -0.05) is 0 Å². The lowest BCUT2D eigenvalue weighted by atomic mass is 10.1. The van der Waals surface area contributed by atoms with Crippen molar-refractivity contribution in [3.63, 3.8) is 0 Å². The Morgan fingerprint density at radius 3 is 2.53 bits per heavy atom. The smallest absolute Gasteiger partial charge is 0.408 e. The number of amides is 1. The summed E-state index contributed by atoms with van der Waals surface area (Å²) in [6.45, 7) is 6.87. The van der Waals surface area contributed by atoms with E-state index in [0.29, 0.717) is 5.56 Å². The van der Waals surface area contributed by atoms with Crippen molar-refractivity contribution in [2.24, 2.45) is 0 Å². The first-order valence-electron chi connectivity index (χ1n) is 5.35.